The van der Waals surface area contributed by atoms with Gasteiger partial charge in [-0.3, -0.25) is 4.79 Å². The monoisotopic (exact) mass is 217 g/mol. The topological polar surface area (TPSA) is 42.2 Å². The number of allylic oxidation sites excluding steroid dienone is 3. The van der Waals surface area contributed by atoms with Crippen LogP contribution in [0.25, 0.3) is 6.08 Å². The van der Waals surface area contributed by atoms with E-state index in [1.807, 2.05) is 13.0 Å². The Morgan fingerprint density at radius 3 is 2.94 bits per heavy atom. The summed E-state index contributed by atoms with van der Waals surface area (Å²) in [5.74, 6) is 0. The van der Waals surface area contributed by atoms with E-state index >= 15 is 0 Å². The SMILES string of the molecule is Cc1cc(C=C2C=CCCC2)n(O)c(=O)c1. The van der Waals surface area contributed by atoms with Crippen LogP contribution >= 0.6 is 0 Å². The molecule has 2 rings (SSSR count). The molecule has 84 valence electrons. The minimum atomic E-state index is -0.383. The van der Waals surface area contributed by atoms with E-state index < -0.39 is 0 Å². The Labute approximate surface area is 94.3 Å². The van der Waals surface area contributed by atoms with Crippen LogP contribution in [-0.4, -0.2) is 9.94 Å². The van der Waals surface area contributed by atoms with E-state index in [4.69, 9.17) is 0 Å². The molecule has 3 heteroatoms. The summed E-state index contributed by atoms with van der Waals surface area (Å²) in [5.41, 5.74) is 2.18. The zero-order chi connectivity index (χ0) is 11.5. The Bertz CT molecular complexity index is 509. The minimum absolute atomic E-state index is 0.383. The van der Waals surface area contributed by atoms with Gasteiger partial charge in [-0.15, -0.1) is 4.73 Å². The first kappa shape index (κ1) is 10.7. The molecule has 16 heavy (non-hydrogen) atoms. The molecule has 0 saturated heterocycles. The Morgan fingerprint density at radius 1 is 1.44 bits per heavy atom. The molecular formula is C13H15NO2. The summed E-state index contributed by atoms with van der Waals surface area (Å²) in [6, 6.07) is 3.22. The molecular weight excluding hydrogens is 202 g/mol. The fraction of sp³-hybridized carbons (Fsp3) is 0.308. The van der Waals surface area contributed by atoms with E-state index in [0.717, 1.165) is 30.4 Å². The summed E-state index contributed by atoms with van der Waals surface area (Å²) in [6.07, 6.45) is 9.27. The van der Waals surface area contributed by atoms with Gasteiger partial charge in [-0.05, 0) is 49.5 Å². The third kappa shape index (κ3) is 2.24. The highest BCUT2D eigenvalue weighted by atomic mass is 16.5. The van der Waals surface area contributed by atoms with Crippen molar-refractivity contribution in [2.75, 3.05) is 0 Å². The van der Waals surface area contributed by atoms with Crippen molar-refractivity contribution in [2.45, 2.75) is 26.2 Å². The summed E-state index contributed by atoms with van der Waals surface area (Å²) in [4.78, 5) is 11.4. The molecule has 1 aromatic heterocycles. The molecule has 0 bridgehead atoms. The van der Waals surface area contributed by atoms with Crippen molar-refractivity contribution in [3.8, 4) is 0 Å². The number of hydrogen-bond donors (Lipinski definition) is 1. The van der Waals surface area contributed by atoms with Crippen LogP contribution in [0.1, 0.15) is 30.5 Å². The lowest BCUT2D eigenvalue weighted by atomic mass is 10.0. The van der Waals surface area contributed by atoms with Gasteiger partial charge < -0.3 is 5.21 Å². The van der Waals surface area contributed by atoms with Crippen LogP contribution in [0.2, 0.25) is 0 Å². The number of rotatable bonds is 1. The minimum Gasteiger partial charge on any atom is -0.425 e. The lowest BCUT2D eigenvalue weighted by molar-refractivity contribution is 0.172. The molecule has 0 atom stereocenters. The van der Waals surface area contributed by atoms with Gasteiger partial charge in [0.25, 0.3) is 5.56 Å². The van der Waals surface area contributed by atoms with Crippen LogP contribution in [0.5, 0.6) is 0 Å². The van der Waals surface area contributed by atoms with Gasteiger partial charge in [0.1, 0.15) is 0 Å². The highest BCUT2D eigenvalue weighted by Crippen LogP contribution is 2.18. The highest BCUT2D eigenvalue weighted by Gasteiger charge is 2.04. The van der Waals surface area contributed by atoms with Crippen LogP contribution in [0.3, 0.4) is 0 Å². The smallest absolute Gasteiger partial charge is 0.283 e. The van der Waals surface area contributed by atoms with E-state index in [9.17, 15) is 10.0 Å². The number of aryl methyl sites for hydroxylation is 1. The average molecular weight is 217 g/mol. The molecule has 1 aliphatic carbocycles. The molecule has 3 nitrogen and oxygen atoms in total. The first-order valence-corrected chi connectivity index (χ1v) is 5.47. The van der Waals surface area contributed by atoms with E-state index in [-0.39, 0.29) is 5.56 Å². The van der Waals surface area contributed by atoms with Gasteiger partial charge in [0, 0.05) is 6.07 Å². The second-order valence-electron chi connectivity index (χ2n) is 4.12. The van der Waals surface area contributed by atoms with Crippen molar-refractivity contribution >= 4 is 6.08 Å². The van der Waals surface area contributed by atoms with E-state index in [0.29, 0.717) is 10.4 Å². The number of aromatic nitrogens is 1. The number of nitrogens with zero attached hydrogens (tertiary/aromatic N) is 1. The van der Waals surface area contributed by atoms with Gasteiger partial charge in [0.05, 0.1) is 5.69 Å². The van der Waals surface area contributed by atoms with Crippen LogP contribution < -0.4 is 5.56 Å². The predicted octanol–water partition coefficient (Wildman–Crippen LogP) is 2.52. The van der Waals surface area contributed by atoms with Crippen molar-refractivity contribution in [1.82, 2.24) is 4.73 Å². The molecule has 0 unspecified atom stereocenters. The molecule has 1 heterocycles. The fourth-order valence-electron chi connectivity index (χ4n) is 1.87. The maximum absolute atomic E-state index is 11.4. The first-order valence-electron chi connectivity index (χ1n) is 5.47. The normalized spacial score (nSPS) is 17.9. The second-order valence-corrected chi connectivity index (χ2v) is 4.12. The molecule has 0 saturated carbocycles. The van der Waals surface area contributed by atoms with E-state index in [1.165, 1.54) is 6.07 Å². The Morgan fingerprint density at radius 2 is 2.25 bits per heavy atom. The third-order valence-corrected chi connectivity index (χ3v) is 2.68. The van der Waals surface area contributed by atoms with Crippen LogP contribution in [0.4, 0.5) is 0 Å². The van der Waals surface area contributed by atoms with Gasteiger partial charge in [0.2, 0.25) is 0 Å². The molecule has 0 spiro atoms. The van der Waals surface area contributed by atoms with Gasteiger partial charge in [-0.2, -0.15) is 0 Å². The van der Waals surface area contributed by atoms with Crippen molar-refractivity contribution in [1.29, 1.82) is 0 Å². The molecule has 0 aromatic carbocycles. The van der Waals surface area contributed by atoms with Crippen molar-refractivity contribution in [2.24, 2.45) is 0 Å². The van der Waals surface area contributed by atoms with E-state index in [2.05, 4.69) is 12.2 Å². The zero-order valence-electron chi connectivity index (χ0n) is 9.31. The Balaban J connectivity index is 2.44. The van der Waals surface area contributed by atoms with E-state index in [1.54, 1.807) is 6.07 Å². The Kier molecular flexibility index (Phi) is 2.95. The maximum atomic E-state index is 11.4. The lowest BCUT2D eigenvalue weighted by Gasteiger charge is -2.08. The second kappa shape index (κ2) is 4.39. The van der Waals surface area contributed by atoms with Crippen LogP contribution in [0, 0.1) is 6.92 Å². The summed E-state index contributed by atoms with van der Waals surface area (Å²) in [7, 11) is 0. The van der Waals surface area contributed by atoms with Crippen molar-refractivity contribution < 1.29 is 5.21 Å². The average Bonchev–Trinajstić information content (AvgIpc) is 2.27. The predicted molar refractivity (Wildman–Crippen MR) is 63.6 cm³/mol. The summed E-state index contributed by atoms with van der Waals surface area (Å²) < 4.78 is 0.697. The van der Waals surface area contributed by atoms with Crippen molar-refractivity contribution in [3.63, 3.8) is 0 Å². The van der Waals surface area contributed by atoms with Gasteiger partial charge in [-0.1, -0.05) is 12.2 Å². The van der Waals surface area contributed by atoms with Gasteiger partial charge in [-0.25, -0.2) is 0 Å². The molecule has 1 aromatic rings. The Hall–Kier alpha value is -1.77. The quantitative estimate of drug-likeness (QED) is 0.734. The number of hydrogen-bond acceptors (Lipinski definition) is 2. The van der Waals surface area contributed by atoms with Crippen LogP contribution in [-0.2, 0) is 0 Å². The zero-order valence-corrected chi connectivity index (χ0v) is 9.31. The largest absolute Gasteiger partial charge is 0.425 e. The van der Waals surface area contributed by atoms with Crippen LogP contribution in [0.15, 0.2) is 34.7 Å². The number of pyridine rings is 1. The molecule has 0 radical (unpaired) electrons. The summed E-state index contributed by atoms with van der Waals surface area (Å²) >= 11 is 0. The molecule has 0 fully saturated rings. The molecule has 1 aliphatic rings. The standard InChI is InChI=1S/C13H15NO2/c1-10-7-12(14(16)13(15)8-10)9-11-5-3-2-4-6-11/h3,5,7-9,16H,2,4,6H2,1H3. The molecule has 0 aliphatic heterocycles. The molecule has 0 amide bonds. The highest BCUT2D eigenvalue weighted by molar-refractivity contribution is 5.53. The fourth-order valence-corrected chi connectivity index (χ4v) is 1.87. The van der Waals surface area contributed by atoms with Gasteiger partial charge in [0.15, 0.2) is 0 Å². The summed E-state index contributed by atoms with van der Waals surface area (Å²) in [6.45, 7) is 1.85. The lowest BCUT2D eigenvalue weighted by Crippen LogP contribution is -2.19. The van der Waals surface area contributed by atoms with Crippen molar-refractivity contribution in [3.05, 3.63) is 51.5 Å². The third-order valence-electron chi connectivity index (χ3n) is 2.68. The summed E-state index contributed by atoms with van der Waals surface area (Å²) in [5, 5.41) is 9.59. The molecule has 1 N–H and O–H groups in total. The van der Waals surface area contributed by atoms with Gasteiger partial charge >= 0.3 is 0 Å². The first-order chi connectivity index (χ1) is 7.66. The maximum Gasteiger partial charge on any atom is 0.283 e.